The van der Waals surface area contributed by atoms with Crippen molar-refractivity contribution in [3.8, 4) is 5.75 Å². The van der Waals surface area contributed by atoms with Crippen LogP contribution in [-0.2, 0) is 0 Å². The Morgan fingerprint density at radius 2 is 1.95 bits per heavy atom. The van der Waals surface area contributed by atoms with E-state index in [0.29, 0.717) is 19.2 Å². The second-order valence-corrected chi connectivity index (χ2v) is 6.55. The van der Waals surface area contributed by atoms with Gasteiger partial charge in [0.15, 0.2) is 0 Å². The molecule has 22 heavy (non-hydrogen) atoms. The lowest BCUT2D eigenvalue weighted by Crippen LogP contribution is -3.00. The van der Waals surface area contributed by atoms with E-state index in [0.717, 1.165) is 28.4 Å². The maximum absolute atomic E-state index is 10.2. The first-order chi connectivity index (χ1) is 9.97. The van der Waals surface area contributed by atoms with Crippen molar-refractivity contribution in [1.82, 2.24) is 4.90 Å². The number of piperidine rings is 1. The average Bonchev–Trinajstić information content (AvgIpc) is 2.45. The number of nitrogens with zero attached hydrogens (tertiary/aromatic N) is 1. The lowest BCUT2D eigenvalue weighted by atomic mass is 10.0. The summed E-state index contributed by atoms with van der Waals surface area (Å²) in [4.78, 5) is 2.36. The highest BCUT2D eigenvalue weighted by Crippen LogP contribution is 2.26. The average molecular weight is 347 g/mol. The molecule has 0 spiro atoms. The van der Waals surface area contributed by atoms with E-state index in [9.17, 15) is 5.11 Å². The van der Waals surface area contributed by atoms with Crippen molar-refractivity contribution in [1.29, 1.82) is 0 Å². The molecule has 1 saturated heterocycles. The monoisotopic (exact) mass is 346 g/mol. The molecule has 126 valence electrons. The minimum absolute atomic E-state index is 0. The Hall–Kier alpha value is -0.480. The summed E-state index contributed by atoms with van der Waals surface area (Å²) in [6.07, 6.45) is 3.30. The molecule has 1 heterocycles. The van der Waals surface area contributed by atoms with Crippen LogP contribution in [0.25, 0.3) is 0 Å². The fraction of sp³-hybridized carbons (Fsp3) is 0.647. The molecule has 2 rings (SSSR count). The van der Waals surface area contributed by atoms with E-state index in [1.807, 2.05) is 26.0 Å². The molecule has 2 atom stereocenters. The Bertz CT molecular complexity index is 459. The molecule has 1 aromatic carbocycles. The first-order valence-electron chi connectivity index (χ1n) is 7.79. The van der Waals surface area contributed by atoms with Gasteiger partial charge in [-0.3, -0.25) is 4.90 Å². The first kappa shape index (κ1) is 19.6. The lowest BCUT2D eigenvalue weighted by Gasteiger charge is -2.34. The molecule has 0 aliphatic carbocycles. The second-order valence-electron chi connectivity index (χ2n) is 6.18. The van der Waals surface area contributed by atoms with Gasteiger partial charge in [0.2, 0.25) is 0 Å². The molecule has 1 fully saturated rings. The highest BCUT2D eigenvalue weighted by molar-refractivity contribution is 6.32. The van der Waals surface area contributed by atoms with Crippen molar-refractivity contribution in [2.24, 2.45) is 0 Å². The molecule has 0 saturated carbocycles. The summed E-state index contributed by atoms with van der Waals surface area (Å²) in [7, 11) is 0. The highest BCUT2D eigenvalue weighted by Gasteiger charge is 2.21. The van der Waals surface area contributed by atoms with E-state index < -0.39 is 6.10 Å². The number of hydrogen-bond donors (Lipinski definition) is 1. The van der Waals surface area contributed by atoms with Gasteiger partial charge >= 0.3 is 0 Å². The zero-order valence-corrected chi connectivity index (χ0v) is 15.1. The first-order valence-corrected chi connectivity index (χ1v) is 8.17. The standard InChI is InChI=1S/C17H26ClNO2.ClH/c1-12-8-16(9-13(2)17(12)18)21-11-15(20)10-19-7-5-4-6-14(19)3;/h8-9,14-15,20H,4-7,10-11H2,1-3H3;1H/p-1. The van der Waals surface area contributed by atoms with E-state index >= 15 is 0 Å². The summed E-state index contributed by atoms with van der Waals surface area (Å²) in [5.41, 5.74) is 2.01. The molecule has 0 aromatic heterocycles. The molecule has 5 heteroatoms. The summed E-state index contributed by atoms with van der Waals surface area (Å²) in [5, 5.41) is 11.0. The Balaban J connectivity index is 0.00000242. The number of aliphatic hydroxyl groups is 1. The SMILES string of the molecule is Cc1cc(OCC(O)CN2CCCCC2C)cc(C)c1Cl.[Cl-]. The predicted octanol–water partition coefficient (Wildman–Crippen LogP) is 0.575. The van der Waals surface area contributed by atoms with Gasteiger partial charge in [-0.05, 0) is 63.4 Å². The maximum atomic E-state index is 10.2. The molecule has 3 nitrogen and oxygen atoms in total. The number of aliphatic hydroxyl groups excluding tert-OH is 1. The smallest absolute Gasteiger partial charge is 0.120 e. The van der Waals surface area contributed by atoms with Gasteiger partial charge in [-0.2, -0.15) is 0 Å². The number of benzene rings is 1. The molecule has 1 aromatic rings. The quantitative estimate of drug-likeness (QED) is 0.846. The van der Waals surface area contributed by atoms with Crippen LogP contribution in [-0.4, -0.2) is 41.8 Å². The van der Waals surface area contributed by atoms with Gasteiger partial charge in [-0.25, -0.2) is 0 Å². The third-order valence-electron chi connectivity index (χ3n) is 4.24. The van der Waals surface area contributed by atoms with Crippen LogP contribution in [0.2, 0.25) is 5.02 Å². The van der Waals surface area contributed by atoms with Crippen LogP contribution < -0.4 is 17.1 Å². The van der Waals surface area contributed by atoms with Gasteiger partial charge < -0.3 is 22.3 Å². The zero-order valence-electron chi connectivity index (χ0n) is 13.6. The third-order valence-corrected chi connectivity index (χ3v) is 4.83. The highest BCUT2D eigenvalue weighted by atomic mass is 35.5. The number of β-amino-alcohol motifs (C(OH)–C–C–N with tert-alkyl or cyclic N) is 1. The van der Waals surface area contributed by atoms with Gasteiger partial charge in [0.25, 0.3) is 0 Å². The van der Waals surface area contributed by atoms with Crippen LogP contribution in [0.4, 0.5) is 0 Å². The van der Waals surface area contributed by atoms with Crippen LogP contribution in [0, 0.1) is 13.8 Å². The van der Waals surface area contributed by atoms with Gasteiger partial charge in [0, 0.05) is 17.6 Å². The number of hydrogen-bond acceptors (Lipinski definition) is 3. The molecular weight excluding hydrogens is 321 g/mol. The molecule has 1 N–H and O–H groups in total. The number of likely N-dealkylation sites (tertiary alicyclic amines) is 1. The minimum atomic E-state index is -0.457. The zero-order chi connectivity index (χ0) is 15.4. The molecule has 0 radical (unpaired) electrons. The Morgan fingerprint density at radius 3 is 2.55 bits per heavy atom. The fourth-order valence-corrected chi connectivity index (χ4v) is 3.04. The number of aryl methyl sites for hydroxylation is 2. The number of halogens is 2. The predicted molar refractivity (Wildman–Crippen MR) is 87.3 cm³/mol. The fourth-order valence-electron chi connectivity index (χ4n) is 2.93. The second kappa shape index (κ2) is 8.97. The van der Waals surface area contributed by atoms with Gasteiger partial charge in [0.1, 0.15) is 18.5 Å². The largest absolute Gasteiger partial charge is 1.00 e. The van der Waals surface area contributed by atoms with Crippen molar-refractivity contribution >= 4 is 11.6 Å². The van der Waals surface area contributed by atoms with Crippen molar-refractivity contribution < 1.29 is 22.3 Å². The van der Waals surface area contributed by atoms with Crippen molar-refractivity contribution in [2.75, 3.05) is 19.7 Å². The number of rotatable bonds is 5. The van der Waals surface area contributed by atoms with E-state index in [-0.39, 0.29) is 12.4 Å². The van der Waals surface area contributed by atoms with Crippen LogP contribution in [0.3, 0.4) is 0 Å². The topological polar surface area (TPSA) is 32.7 Å². The lowest BCUT2D eigenvalue weighted by molar-refractivity contribution is -0.00000658. The third kappa shape index (κ3) is 5.31. The summed E-state index contributed by atoms with van der Waals surface area (Å²) in [5.74, 6) is 0.778. The van der Waals surface area contributed by atoms with E-state index in [1.54, 1.807) is 0 Å². The Morgan fingerprint density at radius 1 is 1.32 bits per heavy atom. The van der Waals surface area contributed by atoms with E-state index in [4.69, 9.17) is 16.3 Å². The van der Waals surface area contributed by atoms with Crippen LogP contribution in [0.15, 0.2) is 12.1 Å². The van der Waals surface area contributed by atoms with Gasteiger partial charge in [0.05, 0.1) is 0 Å². The number of ether oxygens (including phenoxy) is 1. The molecule has 0 bridgehead atoms. The van der Waals surface area contributed by atoms with Crippen molar-refractivity contribution in [2.45, 2.75) is 52.2 Å². The molecule has 1 aliphatic heterocycles. The maximum Gasteiger partial charge on any atom is 0.120 e. The normalized spacial score (nSPS) is 20.3. The molecule has 0 amide bonds. The molecule has 1 aliphatic rings. The summed E-state index contributed by atoms with van der Waals surface area (Å²) in [6.45, 7) is 8.26. The van der Waals surface area contributed by atoms with Crippen LogP contribution >= 0.6 is 11.6 Å². The van der Waals surface area contributed by atoms with Crippen LogP contribution in [0.1, 0.15) is 37.3 Å². The Kier molecular flexibility index (Phi) is 7.98. The van der Waals surface area contributed by atoms with Gasteiger partial charge in [-0.1, -0.05) is 18.0 Å². The molecular formula is C17H26Cl2NO2-. The van der Waals surface area contributed by atoms with Crippen LogP contribution in [0.5, 0.6) is 5.75 Å². The van der Waals surface area contributed by atoms with Crippen molar-refractivity contribution in [3.63, 3.8) is 0 Å². The van der Waals surface area contributed by atoms with Gasteiger partial charge in [-0.15, -0.1) is 0 Å². The van der Waals surface area contributed by atoms with E-state index in [1.165, 1.54) is 19.3 Å². The summed E-state index contributed by atoms with van der Waals surface area (Å²) in [6, 6.07) is 4.41. The van der Waals surface area contributed by atoms with E-state index in [2.05, 4.69) is 11.8 Å². The minimum Gasteiger partial charge on any atom is -1.00 e. The summed E-state index contributed by atoms with van der Waals surface area (Å²) >= 11 is 6.15. The van der Waals surface area contributed by atoms with Crippen molar-refractivity contribution in [3.05, 3.63) is 28.3 Å². The Labute approximate surface area is 145 Å². The molecule has 2 unspecified atom stereocenters. The summed E-state index contributed by atoms with van der Waals surface area (Å²) < 4.78 is 5.73.